The number of cyclic esters (lactones) is 1. The second kappa shape index (κ2) is 6.27. The number of hydrogen-bond acceptors (Lipinski definition) is 4. The first kappa shape index (κ1) is 14.9. The van der Waals surface area contributed by atoms with E-state index >= 15 is 0 Å². The van der Waals surface area contributed by atoms with Crippen molar-refractivity contribution in [2.45, 2.75) is 45.6 Å². The fourth-order valence-corrected chi connectivity index (χ4v) is 2.56. The van der Waals surface area contributed by atoms with Gasteiger partial charge >= 0.3 is 5.97 Å². The van der Waals surface area contributed by atoms with Gasteiger partial charge in [-0.1, -0.05) is 32.4 Å². The third-order valence-electron chi connectivity index (χ3n) is 3.99. The van der Waals surface area contributed by atoms with Crippen LogP contribution in [0.15, 0.2) is 12.1 Å². The maximum absolute atomic E-state index is 12.0. The third-order valence-corrected chi connectivity index (χ3v) is 3.99. The summed E-state index contributed by atoms with van der Waals surface area (Å²) in [5.41, 5.74) is 1.92. The van der Waals surface area contributed by atoms with E-state index in [9.17, 15) is 9.90 Å². The molecule has 1 aromatic rings. The van der Waals surface area contributed by atoms with Crippen LogP contribution in [0.25, 0.3) is 0 Å². The maximum atomic E-state index is 12.0. The van der Waals surface area contributed by atoms with Crippen molar-refractivity contribution >= 4 is 5.97 Å². The summed E-state index contributed by atoms with van der Waals surface area (Å²) >= 11 is 0. The number of aliphatic hydroxyl groups excluding tert-OH is 1. The summed E-state index contributed by atoms with van der Waals surface area (Å²) < 4.78 is 5.26. The number of carbonyl (C=O) groups excluding carboxylic acids is 1. The van der Waals surface area contributed by atoms with Crippen LogP contribution in [0.2, 0.25) is 0 Å². The number of rotatable bonds is 5. The quantitative estimate of drug-likeness (QED) is 0.812. The lowest BCUT2D eigenvalue weighted by molar-refractivity contribution is 0.0194. The van der Waals surface area contributed by atoms with E-state index in [1.54, 1.807) is 0 Å². The number of aliphatic hydroxyl groups is 1. The molecule has 110 valence electrons. The van der Waals surface area contributed by atoms with Crippen molar-refractivity contribution in [3.8, 4) is 5.75 Å². The van der Waals surface area contributed by atoms with Crippen LogP contribution in [0.3, 0.4) is 0 Å². The van der Waals surface area contributed by atoms with Gasteiger partial charge in [-0.05, 0) is 23.5 Å². The van der Waals surface area contributed by atoms with Gasteiger partial charge in [-0.25, -0.2) is 4.79 Å². The van der Waals surface area contributed by atoms with Gasteiger partial charge < -0.3 is 14.9 Å². The van der Waals surface area contributed by atoms with Crippen LogP contribution in [-0.4, -0.2) is 28.9 Å². The summed E-state index contributed by atoms with van der Waals surface area (Å²) in [4.78, 5) is 12.0. The zero-order valence-corrected chi connectivity index (χ0v) is 12.1. The summed E-state index contributed by atoms with van der Waals surface area (Å²) in [6.07, 6.45) is 2.47. The molecule has 0 amide bonds. The van der Waals surface area contributed by atoms with Crippen molar-refractivity contribution in [1.29, 1.82) is 0 Å². The average Bonchev–Trinajstić information content (AvgIpc) is 2.41. The number of carbonyl (C=O) groups is 1. The van der Waals surface area contributed by atoms with Crippen molar-refractivity contribution in [2.75, 3.05) is 6.61 Å². The molecule has 0 fully saturated rings. The molecule has 0 spiro atoms. The lowest BCUT2D eigenvalue weighted by Crippen LogP contribution is -2.28. The molecule has 2 atom stereocenters. The van der Waals surface area contributed by atoms with Crippen LogP contribution >= 0.6 is 0 Å². The molecule has 4 nitrogen and oxygen atoms in total. The van der Waals surface area contributed by atoms with Crippen molar-refractivity contribution < 1.29 is 19.7 Å². The first-order valence-corrected chi connectivity index (χ1v) is 7.22. The fourth-order valence-electron chi connectivity index (χ4n) is 2.56. The Morgan fingerprint density at radius 2 is 2.20 bits per heavy atom. The second-order valence-corrected chi connectivity index (χ2v) is 5.57. The minimum Gasteiger partial charge on any atom is -0.507 e. The van der Waals surface area contributed by atoms with Gasteiger partial charge in [0.15, 0.2) is 0 Å². The van der Waals surface area contributed by atoms with E-state index in [0.29, 0.717) is 24.3 Å². The van der Waals surface area contributed by atoms with Crippen molar-refractivity contribution in [3.05, 3.63) is 28.8 Å². The molecule has 1 aromatic carbocycles. The molecule has 0 aliphatic carbocycles. The van der Waals surface area contributed by atoms with Crippen LogP contribution in [0.4, 0.5) is 0 Å². The molecule has 0 radical (unpaired) electrons. The maximum Gasteiger partial charge on any atom is 0.342 e. The Balaban J connectivity index is 2.29. The Morgan fingerprint density at radius 3 is 2.85 bits per heavy atom. The highest BCUT2D eigenvalue weighted by molar-refractivity contribution is 5.95. The molecular formula is C16H22O4. The molecule has 1 aliphatic rings. The highest BCUT2D eigenvalue weighted by Gasteiger charge is 2.29. The van der Waals surface area contributed by atoms with Gasteiger partial charge in [0.25, 0.3) is 0 Å². The molecule has 20 heavy (non-hydrogen) atoms. The zero-order chi connectivity index (χ0) is 14.7. The van der Waals surface area contributed by atoms with E-state index in [0.717, 1.165) is 24.0 Å². The Hall–Kier alpha value is -1.55. The second-order valence-electron chi connectivity index (χ2n) is 5.57. The summed E-state index contributed by atoms with van der Waals surface area (Å²) in [6.45, 7) is 4.22. The summed E-state index contributed by atoms with van der Waals surface area (Å²) in [7, 11) is 0. The molecule has 0 bridgehead atoms. The number of phenols is 1. The number of aromatic hydroxyl groups is 1. The van der Waals surface area contributed by atoms with Crippen molar-refractivity contribution in [2.24, 2.45) is 5.92 Å². The highest BCUT2D eigenvalue weighted by Crippen LogP contribution is 2.33. The topological polar surface area (TPSA) is 66.8 Å². The predicted molar refractivity (Wildman–Crippen MR) is 75.9 cm³/mol. The molecule has 0 unspecified atom stereocenters. The van der Waals surface area contributed by atoms with E-state index in [1.165, 1.54) is 0 Å². The monoisotopic (exact) mass is 278 g/mol. The lowest BCUT2D eigenvalue weighted by Gasteiger charge is -2.25. The first-order chi connectivity index (χ1) is 9.56. The van der Waals surface area contributed by atoms with Crippen LogP contribution < -0.4 is 0 Å². The zero-order valence-electron chi connectivity index (χ0n) is 12.1. The van der Waals surface area contributed by atoms with Crippen molar-refractivity contribution in [1.82, 2.24) is 0 Å². The minimum absolute atomic E-state index is 0.00857. The summed E-state index contributed by atoms with van der Waals surface area (Å²) in [5.74, 6) is 0.0455. The number of benzene rings is 1. The number of esters is 1. The third kappa shape index (κ3) is 2.96. The van der Waals surface area contributed by atoms with Gasteiger partial charge in [0.2, 0.25) is 0 Å². The van der Waals surface area contributed by atoms with Gasteiger partial charge in [-0.2, -0.15) is 0 Å². The molecule has 1 heterocycles. The molecule has 0 saturated carbocycles. The van der Waals surface area contributed by atoms with Gasteiger partial charge in [-0.15, -0.1) is 0 Å². The SMILES string of the molecule is CC[C@H](C)Cc1ccc2c(c1O)C(=O)O[C@H](CCO)C2. The van der Waals surface area contributed by atoms with E-state index in [2.05, 4.69) is 13.8 Å². The minimum atomic E-state index is -0.479. The van der Waals surface area contributed by atoms with E-state index in [4.69, 9.17) is 9.84 Å². The van der Waals surface area contributed by atoms with E-state index < -0.39 is 5.97 Å². The molecule has 0 aromatic heterocycles. The van der Waals surface area contributed by atoms with Gasteiger partial charge in [0, 0.05) is 19.4 Å². The standard InChI is InChI=1S/C16H22O4/c1-3-10(2)8-12-5-4-11-9-13(6-7-17)20-16(19)14(11)15(12)18/h4-5,10,13,17-18H,3,6-9H2,1-2H3/t10-,13+/m0/s1. The molecule has 2 N–H and O–H groups in total. The predicted octanol–water partition coefficient (Wildman–Crippen LogP) is 2.44. The van der Waals surface area contributed by atoms with Crippen molar-refractivity contribution in [3.63, 3.8) is 0 Å². The first-order valence-electron chi connectivity index (χ1n) is 7.22. The largest absolute Gasteiger partial charge is 0.507 e. The summed E-state index contributed by atoms with van der Waals surface area (Å²) in [5, 5.41) is 19.3. The Labute approximate surface area is 119 Å². The van der Waals surface area contributed by atoms with Gasteiger partial charge in [-0.3, -0.25) is 0 Å². The van der Waals surface area contributed by atoms with Crippen LogP contribution in [0.1, 0.15) is 48.2 Å². The molecular weight excluding hydrogens is 256 g/mol. The van der Waals surface area contributed by atoms with Crippen LogP contribution in [0.5, 0.6) is 5.75 Å². The van der Waals surface area contributed by atoms with Crippen LogP contribution in [-0.2, 0) is 17.6 Å². The molecule has 4 heteroatoms. The van der Waals surface area contributed by atoms with Gasteiger partial charge in [0.05, 0.1) is 0 Å². The van der Waals surface area contributed by atoms with Gasteiger partial charge in [0.1, 0.15) is 17.4 Å². The average molecular weight is 278 g/mol. The molecule has 2 rings (SSSR count). The highest BCUT2D eigenvalue weighted by atomic mass is 16.5. The van der Waals surface area contributed by atoms with E-state index in [1.807, 2.05) is 12.1 Å². The number of fused-ring (bicyclic) bond motifs is 1. The Bertz CT molecular complexity index is 495. The Kier molecular flexibility index (Phi) is 4.65. The molecule has 1 aliphatic heterocycles. The normalized spacial score (nSPS) is 19.4. The Morgan fingerprint density at radius 1 is 1.45 bits per heavy atom. The van der Waals surface area contributed by atoms with Crippen LogP contribution in [0, 0.1) is 5.92 Å². The smallest absolute Gasteiger partial charge is 0.342 e. The summed E-state index contributed by atoms with van der Waals surface area (Å²) in [6, 6.07) is 3.80. The number of hydrogen-bond donors (Lipinski definition) is 2. The molecule has 0 saturated heterocycles. The number of phenolic OH excluding ortho intramolecular Hbond substituents is 1. The fraction of sp³-hybridized carbons (Fsp3) is 0.562. The number of ether oxygens (including phenoxy) is 1. The van der Waals surface area contributed by atoms with E-state index in [-0.39, 0.29) is 18.5 Å². The lowest BCUT2D eigenvalue weighted by atomic mass is 9.91.